The van der Waals surface area contributed by atoms with Crippen molar-refractivity contribution in [3.63, 3.8) is 0 Å². The molecule has 0 amide bonds. The van der Waals surface area contributed by atoms with Crippen molar-refractivity contribution in [3.05, 3.63) is 0 Å². The van der Waals surface area contributed by atoms with E-state index in [0.29, 0.717) is 19.7 Å². The number of β-amino-alcohol motifs (C(OH)–C–C–N with tert-alkyl or cyclic N) is 2. The molecule has 1 aliphatic heterocycles. The molecule has 1 unspecified atom stereocenters. The summed E-state index contributed by atoms with van der Waals surface area (Å²) in [4.78, 5) is 1.97. The molecule has 0 spiro atoms. The Morgan fingerprint density at radius 1 is 1.60 bits per heavy atom. The summed E-state index contributed by atoms with van der Waals surface area (Å²) in [6.07, 6.45) is -0.666. The number of hydrogen-bond acceptors (Lipinski definition) is 4. The average Bonchev–Trinajstić information content (AvgIpc) is 1.88. The van der Waals surface area contributed by atoms with E-state index in [1.165, 1.54) is 0 Å². The van der Waals surface area contributed by atoms with Crippen LogP contribution in [0.3, 0.4) is 0 Å². The first kappa shape index (κ1) is 7.94. The molecule has 1 aliphatic rings. The fraction of sp³-hybridized carbons (Fsp3) is 1.00. The molecule has 2 N–H and O–H groups in total. The lowest BCUT2D eigenvalue weighted by atomic mass is 10.4. The van der Waals surface area contributed by atoms with E-state index >= 15 is 0 Å². The molecule has 60 valence electrons. The van der Waals surface area contributed by atoms with Crippen LogP contribution in [-0.4, -0.2) is 54.3 Å². The van der Waals surface area contributed by atoms with Crippen molar-refractivity contribution in [1.29, 1.82) is 0 Å². The number of aliphatic hydroxyl groups excluding tert-OH is 2. The summed E-state index contributed by atoms with van der Waals surface area (Å²) in [5.74, 6) is 0. The van der Waals surface area contributed by atoms with E-state index in [0.717, 1.165) is 6.54 Å². The topological polar surface area (TPSA) is 52.9 Å². The molecule has 0 saturated carbocycles. The van der Waals surface area contributed by atoms with E-state index < -0.39 is 6.29 Å². The van der Waals surface area contributed by atoms with Crippen LogP contribution in [0.1, 0.15) is 0 Å². The second-order valence-electron chi connectivity index (χ2n) is 2.35. The van der Waals surface area contributed by atoms with Gasteiger partial charge in [-0.05, 0) is 0 Å². The Morgan fingerprint density at radius 2 is 2.40 bits per heavy atom. The molecule has 1 heterocycles. The fourth-order valence-electron chi connectivity index (χ4n) is 1.03. The van der Waals surface area contributed by atoms with E-state index in [4.69, 9.17) is 14.9 Å². The number of morpholine rings is 1. The van der Waals surface area contributed by atoms with Crippen molar-refractivity contribution in [2.75, 3.05) is 32.8 Å². The van der Waals surface area contributed by atoms with Gasteiger partial charge in [-0.3, -0.25) is 4.90 Å². The first-order chi connectivity index (χ1) is 4.83. The van der Waals surface area contributed by atoms with Gasteiger partial charge in [0.15, 0.2) is 6.29 Å². The summed E-state index contributed by atoms with van der Waals surface area (Å²) < 4.78 is 4.89. The predicted octanol–water partition coefficient (Wildman–Crippen LogP) is -1.37. The minimum absolute atomic E-state index is 0.146. The monoisotopic (exact) mass is 147 g/mol. The second kappa shape index (κ2) is 3.88. The molecule has 0 aliphatic carbocycles. The normalized spacial score (nSPS) is 28.8. The standard InChI is InChI=1S/C6H13NO3/c8-3-1-7-2-4-10-6(9)5-7/h6,8-9H,1-5H2. The lowest BCUT2D eigenvalue weighted by Crippen LogP contribution is -2.43. The third kappa shape index (κ3) is 2.22. The molecule has 1 fully saturated rings. The molecule has 0 aromatic rings. The first-order valence-electron chi connectivity index (χ1n) is 3.46. The molecule has 0 aromatic carbocycles. The van der Waals surface area contributed by atoms with Crippen molar-refractivity contribution in [3.8, 4) is 0 Å². The summed E-state index contributed by atoms with van der Waals surface area (Å²) in [6, 6.07) is 0. The van der Waals surface area contributed by atoms with E-state index in [1.54, 1.807) is 0 Å². The van der Waals surface area contributed by atoms with Crippen LogP contribution in [0.2, 0.25) is 0 Å². The zero-order valence-corrected chi connectivity index (χ0v) is 5.86. The van der Waals surface area contributed by atoms with Gasteiger partial charge in [0.05, 0.1) is 13.2 Å². The Labute approximate surface area is 60.0 Å². The van der Waals surface area contributed by atoms with E-state index in [-0.39, 0.29) is 6.61 Å². The third-order valence-corrected chi connectivity index (χ3v) is 1.55. The summed E-state index contributed by atoms with van der Waals surface area (Å²) >= 11 is 0. The van der Waals surface area contributed by atoms with Crippen LogP contribution >= 0.6 is 0 Å². The van der Waals surface area contributed by atoms with Gasteiger partial charge in [0.2, 0.25) is 0 Å². The highest BCUT2D eigenvalue weighted by Crippen LogP contribution is 2.00. The third-order valence-electron chi connectivity index (χ3n) is 1.55. The lowest BCUT2D eigenvalue weighted by Gasteiger charge is -2.29. The molecule has 1 rings (SSSR count). The number of ether oxygens (including phenoxy) is 1. The molecule has 4 heteroatoms. The molecule has 10 heavy (non-hydrogen) atoms. The van der Waals surface area contributed by atoms with Crippen molar-refractivity contribution >= 4 is 0 Å². The second-order valence-corrected chi connectivity index (χ2v) is 2.35. The highest BCUT2D eigenvalue weighted by molar-refractivity contribution is 4.63. The minimum Gasteiger partial charge on any atom is -0.395 e. The fourth-order valence-corrected chi connectivity index (χ4v) is 1.03. The van der Waals surface area contributed by atoms with Crippen LogP contribution < -0.4 is 0 Å². The van der Waals surface area contributed by atoms with Crippen molar-refractivity contribution < 1.29 is 14.9 Å². The van der Waals surface area contributed by atoms with Gasteiger partial charge in [0.25, 0.3) is 0 Å². The Balaban J connectivity index is 2.18. The first-order valence-corrected chi connectivity index (χ1v) is 3.46. The highest BCUT2D eigenvalue weighted by Gasteiger charge is 2.16. The molecular weight excluding hydrogens is 134 g/mol. The van der Waals surface area contributed by atoms with Gasteiger partial charge in [-0.15, -0.1) is 0 Å². The SMILES string of the molecule is OCCN1CCOC(O)C1. The van der Waals surface area contributed by atoms with Crippen LogP contribution in [-0.2, 0) is 4.74 Å². The molecule has 0 aromatic heterocycles. The zero-order chi connectivity index (χ0) is 7.40. The smallest absolute Gasteiger partial charge is 0.167 e. The molecule has 1 saturated heterocycles. The van der Waals surface area contributed by atoms with Crippen LogP contribution in [0.25, 0.3) is 0 Å². The quantitative estimate of drug-likeness (QED) is 0.506. The number of rotatable bonds is 2. The Hall–Kier alpha value is -0.160. The van der Waals surface area contributed by atoms with Crippen molar-refractivity contribution in [2.24, 2.45) is 0 Å². The maximum Gasteiger partial charge on any atom is 0.167 e. The molecular formula is C6H13NO3. The Bertz CT molecular complexity index is 97.0. The van der Waals surface area contributed by atoms with Gasteiger partial charge in [0, 0.05) is 19.6 Å². The van der Waals surface area contributed by atoms with Gasteiger partial charge >= 0.3 is 0 Å². The van der Waals surface area contributed by atoms with E-state index in [1.807, 2.05) is 4.90 Å². The van der Waals surface area contributed by atoms with Gasteiger partial charge < -0.3 is 14.9 Å². The Morgan fingerprint density at radius 3 is 3.00 bits per heavy atom. The lowest BCUT2D eigenvalue weighted by molar-refractivity contribution is -0.146. The van der Waals surface area contributed by atoms with E-state index in [2.05, 4.69) is 0 Å². The summed E-state index contributed by atoms with van der Waals surface area (Å²) in [5, 5.41) is 17.5. The molecule has 0 bridgehead atoms. The number of nitrogens with zero attached hydrogens (tertiary/aromatic N) is 1. The maximum atomic E-state index is 8.96. The van der Waals surface area contributed by atoms with Crippen LogP contribution in [0.15, 0.2) is 0 Å². The molecule has 0 radical (unpaired) electrons. The van der Waals surface area contributed by atoms with Gasteiger partial charge in [0.1, 0.15) is 0 Å². The average molecular weight is 147 g/mol. The van der Waals surface area contributed by atoms with Crippen molar-refractivity contribution in [2.45, 2.75) is 6.29 Å². The predicted molar refractivity (Wildman–Crippen MR) is 35.5 cm³/mol. The van der Waals surface area contributed by atoms with Gasteiger partial charge in [-0.1, -0.05) is 0 Å². The van der Waals surface area contributed by atoms with Crippen LogP contribution in [0.4, 0.5) is 0 Å². The number of hydrogen-bond donors (Lipinski definition) is 2. The summed E-state index contributed by atoms with van der Waals surface area (Å²) in [6.45, 7) is 2.65. The maximum absolute atomic E-state index is 8.96. The van der Waals surface area contributed by atoms with Crippen LogP contribution in [0, 0.1) is 0 Å². The van der Waals surface area contributed by atoms with E-state index in [9.17, 15) is 0 Å². The molecule has 1 atom stereocenters. The minimum atomic E-state index is -0.666. The van der Waals surface area contributed by atoms with Gasteiger partial charge in [-0.25, -0.2) is 0 Å². The van der Waals surface area contributed by atoms with Crippen LogP contribution in [0.5, 0.6) is 0 Å². The Kier molecular flexibility index (Phi) is 3.08. The largest absolute Gasteiger partial charge is 0.395 e. The van der Waals surface area contributed by atoms with Crippen molar-refractivity contribution in [1.82, 2.24) is 4.90 Å². The summed E-state index contributed by atoms with van der Waals surface area (Å²) in [5.41, 5.74) is 0. The number of aliphatic hydroxyl groups is 2. The summed E-state index contributed by atoms with van der Waals surface area (Å²) in [7, 11) is 0. The zero-order valence-electron chi connectivity index (χ0n) is 5.86. The molecule has 4 nitrogen and oxygen atoms in total. The highest BCUT2D eigenvalue weighted by atomic mass is 16.6. The van der Waals surface area contributed by atoms with Gasteiger partial charge in [-0.2, -0.15) is 0 Å².